The first-order valence-corrected chi connectivity index (χ1v) is 35.6. The van der Waals surface area contributed by atoms with Crippen LogP contribution in [0.1, 0.15) is 165 Å². The Morgan fingerprint density at radius 1 is 0.797 bits per heavy atom. The highest BCUT2D eigenvalue weighted by atomic mass is 28.4. The second kappa shape index (κ2) is 28.1. The lowest BCUT2D eigenvalue weighted by Gasteiger charge is -2.47. The molecule has 79 heavy (non-hydrogen) atoms. The molecule has 0 radical (unpaired) electrons. The van der Waals surface area contributed by atoms with Crippen LogP contribution >= 0.6 is 0 Å². The molecule has 448 valence electrons. The first-order valence-electron chi connectivity index (χ1n) is 29.7. The lowest BCUT2D eigenvalue weighted by Crippen LogP contribution is -2.64. The summed E-state index contributed by atoms with van der Waals surface area (Å²) >= 11 is 0. The summed E-state index contributed by atoms with van der Waals surface area (Å²) in [5, 5.41) is 12.3. The highest BCUT2D eigenvalue weighted by molar-refractivity contribution is 6.74. The van der Waals surface area contributed by atoms with Crippen LogP contribution in [0.4, 0.5) is 0 Å². The third-order valence-electron chi connectivity index (χ3n) is 19.0. The monoisotopic (exact) mass is 1140 g/mol. The molecule has 3 heterocycles. The summed E-state index contributed by atoms with van der Waals surface area (Å²) in [5.74, 6) is -6.88. The summed E-state index contributed by atoms with van der Waals surface area (Å²) in [4.78, 5) is 60.6. The number of nitrogens with zero attached hydrogens (tertiary/aromatic N) is 1. The van der Waals surface area contributed by atoms with E-state index in [1.807, 2.05) is 27.7 Å². The number of cyclic esters (lactones) is 1. The standard InChI is InChI=1S/C63H105NO13Si2/c1-20-48-31-40(2)30-41(3)32-54(71-14)57-55(72-15)34-43(5)63(69,76-57)58(66)59(67)64-29-22-21-26-49(64)60(68)75-56(44(6)52(37-50(48)65)77-79(18,19)62(10,11)12)42(4)33-45-27-28-51(53(36-45)70-13)73-38-46-24-23-25-47(35-46)39-74-78(16,17)61(7,8)9/h23-25,31,33,35,41,43-45,48-49,51-57,69H,20-22,26-30,32,34,36-39H2,1-19H3. The van der Waals surface area contributed by atoms with E-state index in [1.165, 1.54) is 4.90 Å². The number of rotatable bonds is 14. The number of carbonyl (C=O) groups is 4. The van der Waals surface area contributed by atoms with E-state index in [2.05, 4.69) is 111 Å². The van der Waals surface area contributed by atoms with E-state index in [0.29, 0.717) is 51.7 Å². The molecular formula is C63H105NO13Si2. The number of fused-ring (bicyclic) bond motifs is 3. The van der Waals surface area contributed by atoms with Gasteiger partial charge in [0.2, 0.25) is 5.79 Å². The van der Waals surface area contributed by atoms with E-state index in [1.54, 1.807) is 28.3 Å². The Hall–Kier alpha value is -2.91. The number of hydrogen-bond donors (Lipinski definition) is 1. The van der Waals surface area contributed by atoms with Crippen LogP contribution in [0.5, 0.6) is 0 Å². The Kier molecular flexibility index (Phi) is 23.8. The number of ether oxygens (including phenoxy) is 6. The maximum Gasteiger partial charge on any atom is 0.329 e. The Labute approximate surface area is 478 Å². The largest absolute Gasteiger partial charge is 0.456 e. The van der Waals surface area contributed by atoms with Gasteiger partial charge in [-0.2, -0.15) is 0 Å². The van der Waals surface area contributed by atoms with Crippen molar-refractivity contribution in [2.24, 2.45) is 29.6 Å². The molecule has 4 aliphatic rings. The Morgan fingerprint density at radius 3 is 2.03 bits per heavy atom. The lowest BCUT2D eigenvalue weighted by molar-refractivity contribution is -0.302. The zero-order valence-electron chi connectivity index (χ0n) is 52.2. The third kappa shape index (κ3) is 16.9. The summed E-state index contributed by atoms with van der Waals surface area (Å²) in [6, 6.07) is 7.32. The van der Waals surface area contributed by atoms with Crippen LogP contribution in [0.2, 0.25) is 36.3 Å². The summed E-state index contributed by atoms with van der Waals surface area (Å²) in [6.07, 6.45) is 6.13. The van der Waals surface area contributed by atoms with Crippen molar-refractivity contribution in [1.29, 1.82) is 0 Å². The maximum absolute atomic E-state index is 15.1. The van der Waals surface area contributed by atoms with Crippen LogP contribution in [0, 0.1) is 29.6 Å². The number of piperidine rings is 1. The second-order valence-corrected chi connectivity index (χ2v) is 36.7. The molecule has 3 aliphatic heterocycles. The van der Waals surface area contributed by atoms with Gasteiger partial charge in [0.1, 0.15) is 24.0 Å². The SMILES string of the molecule is CCC1C=C(C)CC(C)CC(OC)C2OC(O)(C(=O)C(=O)N3CCCCC3C(=O)OC(C(C)=CC3CCC(OCc4cccc(CO[Si](C)(C)C(C)(C)C)c4)C(OC)C3)C(C)C(O[Si](C)(C)C(C)(C)C)CC1=O)C(C)CC2OC. The quantitative estimate of drug-likeness (QED) is 0.0810. The van der Waals surface area contributed by atoms with Gasteiger partial charge >= 0.3 is 5.97 Å². The molecule has 0 aromatic heterocycles. The zero-order chi connectivity index (χ0) is 59.0. The number of hydrogen-bond acceptors (Lipinski definition) is 13. The highest BCUT2D eigenvalue weighted by Crippen LogP contribution is 2.43. The zero-order valence-corrected chi connectivity index (χ0v) is 54.2. The van der Waals surface area contributed by atoms with E-state index in [0.717, 1.165) is 35.1 Å². The van der Waals surface area contributed by atoms with Crippen molar-refractivity contribution >= 4 is 40.1 Å². The number of aliphatic hydroxyl groups is 1. The van der Waals surface area contributed by atoms with Gasteiger partial charge in [-0.15, -0.1) is 0 Å². The maximum atomic E-state index is 15.1. The number of esters is 1. The number of ketones is 2. The first kappa shape index (κ1) is 66.9. The summed E-state index contributed by atoms with van der Waals surface area (Å²) < 4.78 is 51.8. The number of carbonyl (C=O) groups excluding carboxylic acids is 4. The number of Topliss-reactive ketones (excluding diaryl/α,β-unsaturated/α-hetero) is 2. The van der Waals surface area contributed by atoms with Crippen molar-refractivity contribution in [3.05, 3.63) is 58.7 Å². The van der Waals surface area contributed by atoms with Crippen LogP contribution in [-0.4, -0.2) is 133 Å². The topological polar surface area (TPSA) is 166 Å². The molecule has 1 aliphatic carbocycles. The van der Waals surface area contributed by atoms with E-state index in [4.69, 9.17) is 37.3 Å². The van der Waals surface area contributed by atoms with E-state index >= 15 is 4.79 Å². The minimum absolute atomic E-state index is 0.0409. The van der Waals surface area contributed by atoms with Gasteiger partial charge in [-0.25, -0.2) is 4.79 Å². The van der Waals surface area contributed by atoms with Crippen LogP contribution in [0.3, 0.4) is 0 Å². The van der Waals surface area contributed by atoms with Crippen LogP contribution in [0.15, 0.2) is 47.6 Å². The van der Waals surface area contributed by atoms with E-state index in [-0.39, 0.29) is 71.6 Å². The molecule has 14 unspecified atom stereocenters. The average Bonchev–Trinajstić information content (AvgIpc) is 3.45. The van der Waals surface area contributed by atoms with Crippen molar-refractivity contribution in [2.75, 3.05) is 27.9 Å². The minimum Gasteiger partial charge on any atom is -0.456 e. The van der Waals surface area contributed by atoms with Crippen LogP contribution < -0.4 is 0 Å². The van der Waals surface area contributed by atoms with Crippen molar-refractivity contribution in [1.82, 2.24) is 4.90 Å². The molecule has 1 saturated carbocycles. The van der Waals surface area contributed by atoms with E-state index < -0.39 is 88.5 Å². The normalized spacial score (nSPS) is 33.2. The number of benzene rings is 1. The summed E-state index contributed by atoms with van der Waals surface area (Å²) in [7, 11) is 0.367. The minimum atomic E-state index is -2.57. The first-order chi connectivity index (χ1) is 36.8. The van der Waals surface area contributed by atoms with Gasteiger partial charge in [0, 0.05) is 52.0 Å². The van der Waals surface area contributed by atoms with Crippen LogP contribution in [-0.2, 0) is 69.7 Å². The molecule has 1 N–H and O–H groups in total. The van der Waals surface area contributed by atoms with Crippen molar-refractivity contribution in [3.8, 4) is 0 Å². The average molecular weight is 1140 g/mol. The van der Waals surface area contributed by atoms with Crippen molar-refractivity contribution in [3.63, 3.8) is 0 Å². The van der Waals surface area contributed by atoms with E-state index in [9.17, 15) is 19.5 Å². The Morgan fingerprint density at radius 2 is 1.42 bits per heavy atom. The second-order valence-electron chi connectivity index (χ2n) is 27.2. The van der Waals surface area contributed by atoms with Crippen molar-refractivity contribution in [2.45, 2.75) is 258 Å². The molecule has 1 aromatic carbocycles. The fraction of sp³-hybridized carbons (Fsp3) is 0.778. The predicted molar refractivity (Wildman–Crippen MR) is 315 cm³/mol. The lowest BCUT2D eigenvalue weighted by atomic mass is 9.81. The molecule has 14 nitrogen and oxygen atoms in total. The molecule has 1 amide bonds. The van der Waals surface area contributed by atoms with Gasteiger partial charge in [0.15, 0.2) is 16.6 Å². The summed E-state index contributed by atoms with van der Waals surface area (Å²) in [6.45, 7) is 35.2. The van der Waals surface area contributed by atoms with Gasteiger partial charge in [0.25, 0.3) is 11.7 Å². The molecule has 5 rings (SSSR count). The van der Waals surface area contributed by atoms with Gasteiger partial charge < -0.3 is 47.3 Å². The molecule has 1 aromatic rings. The van der Waals surface area contributed by atoms with Crippen LogP contribution in [0.25, 0.3) is 0 Å². The highest BCUT2D eigenvalue weighted by Gasteiger charge is 2.57. The van der Waals surface area contributed by atoms with Gasteiger partial charge in [-0.3, -0.25) is 14.4 Å². The molecule has 14 atom stereocenters. The van der Waals surface area contributed by atoms with Gasteiger partial charge in [-0.05, 0) is 143 Å². The van der Waals surface area contributed by atoms with Gasteiger partial charge in [0.05, 0.1) is 43.7 Å². The number of amides is 1. The smallest absolute Gasteiger partial charge is 0.329 e. The molecule has 2 saturated heterocycles. The Balaban J connectivity index is 1.52. The molecular weight excluding hydrogens is 1030 g/mol. The fourth-order valence-electron chi connectivity index (χ4n) is 11.7. The molecule has 0 spiro atoms. The third-order valence-corrected chi connectivity index (χ3v) is 27.9. The molecule has 2 bridgehead atoms. The van der Waals surface area contributed by atoms with Gasteiger partial charge in [-0.1, -0.05) is 111 Å². The predicted octanol–water partition coefficient (Wildman–Crippen LogP) is 12.2. The summed E-state index contributed by atoms with van der Waals surface area (Å²) in [5.41, 5.74) is 4.06. The molecule has 16 heteroatoms. The number of methoxy groups -OCH3 is 3. The molecule has 3 fully saturated rings. The Bertz CT molecular complexity index is 2270. The number of allylic oxidation sites excluding steroid dienone is 3. The fourth-order valence-corrected chi connectivity index (χ4v) is 14.1. The van der Waals surface area contributed by atoms with Crippen molar-refractivity contribution < 1.29 is 61.6 Å².